The molecule has 0 aromatic heterocycles. The molecule has 0 N–H and O–H groups in total. The Balaban J connectivity index is 0. The van der Waals surface area contributed by atoms with Crippen LogP contribution < -0.4 is 0 Å². The summed E-state index contributed by atoms with van der Waals surface area (Å²) in [4.78, 5) is 0. The zero-order valence-corrected chi connectivity index (χ0v) is 8.52. The van der Waals surface area contributed by atoms with Gasteiger partial charge < -0.3 is 4.74 Å². The number of ether oxygens (including phenoxy) is 1. The summed E-state index contributed by atoms with van der Waals surface area (Å²) in [5, 5.41) is 0. The zero-order chi connectivity index (χ0) is 9.45. The third kappa shape index (κ3) is 9.43. The lowest BCUT2D eigenvalue weighted by atomic mass is 9.84. The van der Waals surface area contributed by atoms with Gasteiger partial charge in [0.15, 0.2) is 0 Å². The van der Waals surface area contributed by atoms with Crippen LogP contribution in [0.1, 0.15) is 47.0 Å². The first kappa shape index (κ1) is 15.0. The summed E-state index contributed by atoms with van der Waals surface area (Å²) in [5.41, 5.74) is 0.308. The van der Waals surface area contributed by atoms with Gasteiger partial charge in [0, 0.05) is 20.1 Å². The van der Waals surface area contributed by atoms with Crippen LogP contribution >= 0.6 is 0 Å². The van der Waals surface area contributed by atoms with Gasteiger partial charge in [0.2, 0.25) is 0 Å². The summed E-state index contributed by atoms with van der Waals surface area (Å²) in [5.74, 6) is 2.72. The highest BCUT2D eigenvalue weighted by Gasteiger charge is 2.15. The lowest BCUT2D eigenvalue weighted by Gasteiger charge is -2.21. The van der Waals surface area contributed by atoms with Crippen LogP contribution in [0.3, 0.4) is 0 Å². The molecule has 0 spiro atoms. The van der Waals surface area contributed by atoms with Gasteiger partial charge in [-0.1, -0.05) is 27.7 Å². The fourth-order valence-electron chi connectivity index (χ4n) is 1.21. The summed E-state index contributed by atoms with van der Waals surface area (Å²) >= 11 is 0. The molecule has 1 heteroatoms. The van der Waals surface area contributed by atoms with E-state index in [2.05, 4.69) is 19.8 Å². The van der Waals surface area contributed by atoms with Gasteiger partial charge in [-0.25, -0.2) is 0 Å². The third-order valence-corrected chi connectivity index (χ3v) is 2.03. The average Bonchev–Trinajstić information content (AvgIpc) is 1.98. The predicted octanol–water partition coefficient (Wildman–Crippen LogP) is 3.49. The number of rotatable bonds is 6. The molecule has 0 fully saturated rings. The second kappa shape index (κ2) is 8.13. The van der Waals surface area contributed by atoms with E-state index in [4.69, 9.17) is 11.2 Å². The highest BCUT2D eigenvalue weighted by molar-refractivity contribution is 4.90. The fourth-order valence-corrected chi connectivity index (χ4v) is 1.21. The van der Waals surface area contributed by atoms with Gasteiger partial charge in [-0.2, -0.15) is 0 Å². The van der Waals surface area contributed by atoms with E-state index < -0.39 is 0 Å². The number of terminal acetylenes is 1. The molecule has 0 aliphatic heterocycles. The molecule has 0 rings (SSSR count). The molecule has 0 atom stereocenters. The van der Waals surface area contributed by atoms with Gasteiger partial charge in [-0.3, -0.25) is 0 Å². The van der Waals surface area contributed by atoms with Crippen molar-refractivity contribution >= 4 is 0 Å². The molecule has 0 bridgehead atoms. The average molecular weight is 184 g/mol. The van der Waals surface area contributed by atoms with Crippen molar-refractivity contribution in [2.24, 2.45) is 5.41 Å². The van der Waals surface area contributed by atoms with Crippen LogP contribution in [0, 0.1) is 17.8 Å². The van der Waals surface area contributed by atoms with E-state index in [1.165, 1.54) is 12.8 Å². The lowest BCUT2D eigenvalue weighted by Crippen LogP contribution is -2.10. The maximum absolute atomic E-state index is 5.27. The second-order valence-corrected chi connectivity index (χ2v) is 4.00. The van der Waals surface area contributed by atoms with Crippen molar-refractivity contribution in [2.45, 2.75) is 47.0 Å². The molecular formula is C12H24O. The maximum atomic E-state index is 5.27. The monoisotopic (exact) mass is 184 g/mol. The Bertz CT molecular complexity index is 142. The molecule has 0 aliphatic rings. The first-order valence-electron chi connectivity index (χ1n) is 4.55. The van der Waals surface area contributed by atoms with Crippen molar-refractivity contribution in [3.8, 4) is 12.3 Å². The molecular weight excluding hydrogens is 160 g/mol. The smallest absolute Gasteiger partial charge is 0.0462 e. The predicted molar refractivity (Wildman–Crippen MR) is 59.7 cm³/mol. The first-order chi connectivity index (χ1) is 5.62. The molecule has 0 aliphatic carbocycles. The van der Waals surface area contributed by atoms with Gasteiger partial charge in [-0.15, -0.1) is 12.3 Å². The molecule has 1 nitrogen and oxygen atoms in total. The molecule has 0 amide bonds. The van der Waals surface area contributed by atoms with E-state index in [0.29, 0.717) is 5.41 Å². The second-order valence-electron chi connectivity index (χ2n) is 4.00. The minimum atomic E-state index is 0. The molecule has 0 heterocycles. The normalized spacial score (nSPS) is 10.3. The van der Waals surface area contributed by atoms with Crippen LogP contribution in [0.15, 0.2) is 0 Å². The minimum absolute atomic E-state index is 0. The summed E-state index contributed by atoms with van der Waals surface area (Å²) in [7, 11) is 1.74. The summed E-state index contributed by atoms with van der Waals surface area (Å²) in [6.07, 6.45) is 9.69. The van der Waals surface area contributed by atoms with Crippen molar-refractivity contribution in [3.05, 3.63) is 0 Å². The molecule has 0 saturated heterocycles. The van der Waals surface area contributed by atoms with E-state index >= 15 is 0 Å². The topological polar surface area (TPSA) is 9.23 Å². The summed E-state index contributed by atoms with van der Waals surface area (Å²) in [6.45, 7) is 5.31. The van der Waals surface area contributed by atoms with Crippen LogP contribution in [0.4, 0.5) is 0 Å². The van der Waals surface area contributed by atoms with Crippen LogP contribution in [0.2, 0.25) is 0 Å². The van der Waals surface area contributed by atoms with Gasteiger partial charge >= 0.3 is 0 Å². The van der Waals surface area contributed by atoms with E-state index in [0.717, 1.165) is 19.4 Å². The van der Waals surface area contributed by atoms with Crippen molar-refractivity contribution in [3.63, 3.8) is 0 Å². The van der Waals surface area contributed by atoms with E-state index in [1.807, 2.05) is 0 Å². The van der Waals surface area contributed by atoms with Crippen LogP contribution in [-0.4, -0.2) is 13.7 Å². The van der Waals surface area contributed by atoms with E-state index in [1.54, 1.807) is 7.11 Å². The summed E-state index contributed by atoms with van der Waals surface area (Å²) < 4.78 is 4.98. The highest BCUT2D eigenvalue weighted by atomic mass is 16.5. The fraction of sp³-hybridized carbons (Fsp3) is 0.833. The van der Waals surface area contributed by atoms with Gasteiger partial charge in [0.05, 0.1) is 0 Å². The standard InChI is InChI=1S/C11H20O.CH4/c1-5-8-11(2,3)9-6-7-10-12-4;/h1H,6-10H2,2-4H3;1H4. The molecule has 0 aromatic rings. The van der Waals surface area contributed by atoms with E-state index in [9.17, 15) is 0 Å². The molecule has 0 saturated carbocycles. The first-order valence-corrected chi connectivity index (χ1v) is 4.55. The Morgan fingerprint density at radius 1 is 1.31 bits per heavy atom. The maximum Gasteiger partial charge on any atom is 0.0462 e. The van der Waals surface area contributed by atoms with Crippen molar-refractivity contribution in [1.82, 2.24) is 0 Å². The quantitative estimate of drug-likeness (QED) is 0.453. The van der Waals surface area contributed by atoms with Crippen LogP contribution in [0.5, 0.6) is 0 Å². The van der Waals surface area contributed by atoms with Crippen LogP contribution in [0.25, 0.3) is 0 Å². The third-order valence-electron chi connectivity index (χ3n) is 2.03. The van der Waals surface area contributed by atoms with E-state index in [-0.39, 0.29) is 7.43 Å². The Morgan fingerprint density at radius 2 is 1.92 bits per heavy atom. The molecule has 0 radical (unpaired) electrons. The molecule has 0 aromatic carbocycles. The Morgan fingerprint density at radius 3 is 2.38 bits per heavy atom. The SMILES string of the molecule is C.C#CCC(C)(C)CCCCOC. The zero-order valence-electron chi connectivity index (χ0n) is 8.52. The number of hydrogen-bond donors (Lipinski definition) is 0. The lowest BCUT2D eigenvalue weighted by molar-refractivity contribution is 0.186. The molecule has 78 valence electrons. The number of methoxy groups -OCH3 is 1. The Kier molecular flexibility index (Phi) is 9.39. The number of unbranched alkanes of at least 4 members (excludes halogenated alkanes) is 1. The van der Waals surface area contributed by atoms with Gasteiger partial charge in [-0.05, 0) is 18.3 Å². The minimum Gasteiger partial charge on any atom is -0.385 e. The number of hydrogen-bond acceptors (Lipinski definition) is 1. The highest BCUT2D eigenvalue weighted by Crippen LogP contribution is 2.26. The largest absolute Gasteiger partial charge is 0.385 e. The molecule has 0 unspecified atom stereocenters. The van der Waals surface area contributed by atoms with Gasteiger partial charge in [0.1, 0.15) is 0 Å². The summed E-state index contributed by atoms with van der Waals surface area (Å²) in [6, 6.07) is 0. The van der Waals surface area contributed by atoms with Crippen molar-refractivity contribution < 1.29 is 4.74 Å². The Hall–Kier alpha value is -0.480. The Labute approximate surface area is 83.9 Å². The van der Waals surface area contributed by atoms with Crippen molar-refractivity contribution in [2.75, 3.05) is 13.7 Å². The van der Waals surface area contributed by atoms with Crippen molar-refractivity contribution in [1.29, 1.82) is 0 Å². The van der Waals surface area contributed by atoms with Crippen LogP contribution in [-0.2, 0) is 4.74 Å². The van der Waals surface area contributed by atoms with Gasteiger partial charge in [0.25, 0.3) is 0 Å². The molecule has 13 heavy (non-hydrogen) atoms.